The largest absolute Gasteiger partial charge is 0.338 e. The molecular weight excluding hydrogens is 460 g/mol. The second-order valence-electron chi connectivity index (χ2n) is 7.06. The molecule has 0 radical (unpaired) electrons. The first-order chi connectivity index (χ1) is 15.0. The molecule has 31 heavy (non-hydrogen) atoms. The van der Waals surface area contributed by atoms with Crippen molar-refractivity contribution < 1.29 is 12.9 Å². The average molecular weight is 477 g/mol. The molecule has 0 amide bonds. The molecule has 2 aromatic carbocycles. The van der Waals surface area contributed by atoms with Crippen molar-refractivity contribution in [1.29, 1.82) is 0 Å². The van der Waals surface area contributed by atoms with Gasteiger partial charge in [0, 0.05) is 31.7 Å². The molecule has 1 saturated heterocycles. The first-order valence-electron chi connectivity index (χ1n) is 9.53. The molecule has 0 unspecified atom stereocenters. The summed E-state index contributed by atoms with van der Waals surface area (Å²) in [5.41, 5.74) is 1.73. The van der Waals surface area contributed by atoms with Crippen molar-refractivity contribution in [3.63, 3.8) is 0 Å². The summed E-state index contributed by atoms with van der Waals surface area (Å²) < 4.78 is 41.4. The zero-order valence-electron chi connectivity index (χ0n) is 16.2. The van der Waals surface area contributed by atoms with Gasteiger partial charge < -0.3 is 4.52 Å². The van der Waals surface area contributed by atoms with Crippen LogP contribution in [0.15, 0.2) is 51.9 Å². The minimum atomic E-state index is -3.65. The number of hydrogen-bond acceptors (Lipinski definition) is 9. The number of piperazine rings is 1. The Bertz CT molecular complexity index is 1330. The molecule has 5 rings (SSSR count). The third kappa shape index (κ3) is 3.94. The molecule has 0 spiro atoms. The highest BCUT2D eigenvalue weighted by atomic mass is 35.5. The molecule has 1 aliphatic heterocycles. The standard InChI is InChI=1S/C19H17ClN6O3S2/c20-14-5-2-1-4-13(14)19-21-17(29-22-19)12-25-8-10-26(11-9-25)31(27,28)16-7-3-6-15-18(16)24-30-23-15/h1-7H,8-12H2. The smallest absolute Gasteiger partial charge is 0.245 e. The highest BCUT2D eigenvalue weighted by molar-refractivity contribution is 7.89. The maximum absolute atomic E-state index is 13.1. The number of rotatable bonds is 5. The van der Waals surface area contributed by atoms with Crippen molar-refractivity contribution in [3.8, 4) is 11.4 Å². The molecule has 12 heteroatoms. The van der Waals surface area contributed by atoms with Crippen molar-refractivity contribution >= 4 is 44.4 Å². The van der Waals surface area contributed by atoms with Crippen molar-refractivity contribution in [1.82, 2.24) is 28.1 Å². The Morgan fingerprint density at radius 1 is 1.03 bits per heavy atom. The number of sulfonamides is 1. The first kappa shape index (κ1) is 20.5. The number of nitrogens with zero attached hydrogens (tertiary/aromatic N) is 6. The normalized spacial score (nSPS) is 16.2. The predicted octanol–water partition coefficient (Wildman–Crippen LogP) is 2.90. The third-order valence-electron chi connectivity index (χ3n) is 5.14. The molecule has 2 aromatic heterocycles. The number of halogens is 1. The van der Waals surface area contributed by atoms with Crippen LogP contribution in [0.2, 0.25) is 5.02 Å². The quantitative estimate of drug-likeness (QED) is 0.433. The van der Waals surface area contributed by atoms with Gasteiger partial charge in [-0.15, -0.1) is 0 Å². The van der Waals surface area contributed by atoms with E-state index in [0.717, 1.165) is 11.7 Å². The summed E-state index contributed by atoms with van der Waals surface area (Å²) in [6, 6.07) is 12.3. The second kappa shape index (κ2) is 8.24. The van der Waals surface area contributed by atoms with E-state index in [4.69, 9.17) is 16.1 Å². The fourth-order valence-electron chi connectivity index (χ4n) is 3.52. The van der Waals surface area contributed by atoms with Crippen molar-refractivity contribution in [2.45, 2.75) is 11.4 Å². The van der Waals surface area contributed by atoms with Gasteiger partial charge in [0.2, 0.25) is 21.7 Å². The Balaban J connectivity index is 1.26. The van der Waals surface area contributed by atoms with Crippen LogP contribution in [0.1, 0.15) is 5.89 Å². The topological polar surface area (TPSA) is 105 Å². The summed E-state index contributed by atoms with van der Waals surface area (Å²) in [5, 5.41) is 4.57. The van der Waals surface area contributed by atoms with Crippen LogP contribution in [0.3, 0.4) is 0 Å². The molecule has 160 valence electrons. The van der Waals surface area contributed by atoms with E-state index in [-0.39, 0.29) is 4.90 Å². The lowest BCUT2D eigenvalue weighted by Gasteiger charge is -2.33. The number of fused-ring (bicyclic) bond motifs is 1. The van der Waals surface area contributed by atoms with Gasteiger partial charge in [0.05, 0.1) is 23.3 Å². The molecule has 9 nitrogen and oxygen atoms in total. The van der Waals surface area contributed by atoms with Crippen LogP contribution in [0.4, 0.5) is 0 Å². The zero-order valence-corrected chi connectivity index (χ0v) is 18.6. The first-order valence-corrected chi connectivity index (χ1v) is 12.1. The van der Waals surface area contributed by atoms with E-state index in [9.17, 15) is 8.42 Å². The van der Waals surface area contributed by atoms with Crippen LogP contribution in [0.25, 0.3) is 22.4 Å². The van der Waals surface area contributed by atoms with E-state index >= 15 is 0 Å². The Hall–Kier alpha value is -2.44. The summed E-state index contributed by atoms with van der Waals surface area (Å²) in [6.45, 7) is 2.27. The molecule has 1 fully saturated rings. The lowest BCUT2D eigenvalue weighted by atomic mass is 10.2. The van der Waals surface area contributed by atoms with E-state index in [1.54, 1.807) is 24.3 Å². The number of benzene rings is 2. The van der Waals surface area contributed by atoms with Crippen LogP contribution in [0, 0.1) is 0 Å². The Labute approximate surface area is 187 Å². The molecule has 4 aromatic rings. The number of hydrogen-bond donors (Lipinski definition) is 0. The van der Waals surface area contributed by atoms with Gasteiger partial charge in [-0.3, -0.25) is 4.90 Å². The van der Waals surface area contributed by atoms with Crippen LogP contribution in [-0.4, -0.2) is 62.7 Å². The van der Waals surface area contributed by atoms with Gasteiger partial charge >= 0.3 is 0 Å². The zero-order chi connectivity index (χ0) is 21.4. The summed E-state index contributed by atoms with van der Waals surface area (Å²) in [4.78, 5) is 6.72. The minimum absolute atomic E-state index is 0.202. The fraction of sp³-hybridized carbons (Fsp3) is 0.263. The average Bonchev–Trinajstić information content (AvgIpc) is 3.44. The van der Waals surface area contributed by atoms with E-state index in [1.165, 1.54) is 4.31 Å². The summed E-state index contributed by atoms with van der Waals surface area (Å²) in [5.74, 6) is 0.899. The molecule has 0 N–H and O–H groups in total. The summed E-state index contributed by atoms with van der Waals surface area (Å²) in [7, 11) is -3.65. The SMILES string of the molecule is O=S(=O)(c1cccc2nsnc12)N1CCN(Cc2nc(-c3ccccc3Cl)no2)CC1. The maximum atomic E-state index is 13.1. The van der Waals surface area contributed by atoms with E-state index in [2.05, 4.69) is 23.8 Å². The maximum Gasteiger partial charge on any atom is 0.245 e. The number of aromatic nitrogens is 4. The molecule has 0 aliphatic carbocycles. The lowest BCUT2D eigenvalue weighted by molar-refractivity contribution is 0.163. The highest BCUT2D eigenvalue weighted by Crippen LogP contribution is 2.27. The van der Waals surface area contributed by atoms with E-state index in [0.29, 0.717) is 66.1 Å². The van der Waals surface area contributed by atoms with Gasteiger partial charge in [-0.1, -0.05) is 35.0 Å². The van der Waals surface area contributed by atoms with E-state index < -0.39 is 10.0 Å². The van der Waals surface area contributed by atoms with Crippen LogP contribution in [-0.2, 0) is 16.6 Å². The van der Waals surface area contributed by atoms with Crippen LogP contribution in [0.5, 0.6) is 0 Å². The lowest BCUT2D eigenvalue weighted by Crippen LogP contribution is -2.48. The highest BCUT2D eigenvalue weighted by Gasteiger charge is 2.31. The van der Waals surface area contributed by atoms with Gasteiger partial charge in [-0.2, -0.15) is 18.0 Å². The predicted molar refractivity (Wildman–Crippen MR) is 116 cm³/mol. The fourth-order valence-corrected chi connectivity index (χ4v) is 5.91. The van der Waals surface area contributed by atoms with Gasteiger partial charge in [-0.05, 0) is 24.3 Å². The van der Waals surface area contributed by atoms with Crippen molar-refractivity contribution in [3.05, 3.63) is 53.4 Å². The summed E-state index contributed by atoms with van der Waals surface area (Å²) in [6.07, 6.45) is 0. The van der Waals surface area contributed by atoms with Crippen LogP contribution < -0.4 is 0 Å². The monoisotopic (exact) mass is 476 g/mol. The second-order valence-corrected chi connectivity index (χ2v) is 9.90. The molecule has 0 bridgehead atoms. The van der Waals surface area contributed by atoms with E-state index in [1.807, 2.05) is 18.2 Å². The van der Waals surface area contributed by atoms with Gasteiger partial charge in [0.1, 0.15) is 15.9 Å². The molecule has 1 aliphatic rings. The van der Waals surface area contributed by atoms with Gasteiger partial charge in [0.25, 0.3) is 0 Å². The molecular formula is C19H17ClN6O3S2. The molecule has 0 atom stereocenters. The Kier molecular flexibility index (Phi) is 5.44. The third-order valence-corrected chi connectivity index (χ3v) is 7.94. The van der Waals surface area contributed by atoms with Gasteiger partial charge in [-0.25, -0.2) is 8.42 Å². The molecule has 0 saturated carbocycles. The van der Waals surface area contributed by atoms with Crippen molar-refractivity contribution in [2.24, 2.45) is 0 Å². The Morgan fingerprint density at radius 3 is 2.65 bits per heavy atom. The minimum Gasteiger partial charge on any atom is -0.338 e. The Morgan fingerprint density at radius 2 is 1.84 bits per heavy atom. The molecule has 3 heterocycles. The van der Waals surface area contributed by atoms with Gasteiger partial charge in [0.15, 0.2) is 0 Å². The van der Waals surface area contributed by atoms with Crippen LogP contribution >= 0.6 is 23.3 Å². The van der Waals surface area contributed by atoms with Crippen molar-refractivity contribution in [2.75, 3.05) is 26.2 Å². The summed E-state index contributed by atoms with van der Waals surface area (Å²) >= 11 is 7.21.